The Bertz CT molecular complexity index is 649. The number of carbonyl (C=O) groups is 1. The molecule has 0 atom stereocenters. The van der Waals surface area contributed by atoms with Crippen molar-refractivity contribution in [3.63, 3.8) is 0 Å². The van der Waals surface area contributed by atoms with Gasteiger partial charge in [0, 0.05) is 19.7 Å². The molecule has 1 aromatic heterocycles. The topological polar surface area (TPSA) is 85.4 Å². The zero-order chi connectivity index (χ0) is 16.5. The number of ether oxygens (including phenoxy) is 2. The summed E-state index contributed by atoms with van der Waals surface area (Å²) in [4.78, 5) is 20.1. The number of carbonyl (C=O) groups excluding carboxylic acids is 1. The lowest BCUT2D eigenvalue weighted by atomic mass is 10.3. The van der Waals surface area contributed by atoms with Crippen LogP contribution in [0.1, 0.15) is 17.4 Å². The van der Waals surface area contributed by atoms with Crippen LogP contribution in [0, 0.1) is 0 Å². The zero-order valence-corrected chi connectivity index (χ0v) is 13.2. The van der Waals surface area contributed by atoms with E-state index >= 15 is 0 Å². The average molecular weight is 316 g/mol. The van der Waals surface area contributed by atoms with Crippen molar-refractivity contribution in [1.82, 2.24) is 15.3 Å². The quantitative estimate of drug-likeness (QED) is 0.725. The van der Waals surface area contributed by atoms with Gasteiger partial charge in [-0.3, -0.25) is 4.79 Å². The molecule has 1 aromatic carbocycles. The van der Waals surface area contributed by atoms with E-state index in [0.717, 1.165) is 11.4 Å². The molecule has 1 heterocycles. The molecule has 0 saturated carbocycles. The fraction of sp³-hybridized carbons (Fsp3) is 0.312. The molecule has 0 unspecified atom stereocenters. The van der Waals surface area contributed by atoms with E-state index in [2.05, 4.69) is 20.6 Å². The summed E-state index contributed by atoms with van der Waals surface area (Å²) >= 11 is 0. The third-order valence-corrected chi connectivity index (χ3v) is 2.94. The van der Waals surface area contributed by atoms with E-state index in [1.54, 1.807) is 13.2 Å². The molecular formula is C16H20N4O3. The third-order valence-electron chi connectivity index (χ3n) is 2.94. The third kappa shape index (κ3) is 4.93. The van der Waals surface area contributed by atoms with Gasteiger partial charge in [0.05, 0.1) is 18.9 Å². The number of para-hydroxylation sites is 2. The van der Waals surface area contributed by atoms with Gasteiger partial charge in [-0.1, -0.05) is 12.1 Å². The highest BCUT2D eigenvalue weighted by molar-refractivity contribution is 5.93. The molecule has 0 fully saturated rings. The van der Waals surface area contributed by atoms with Gasteiger partial charge in [0.1, 0.15) is 23.6 Å². The summed E-state index contributed by atoms with van der Waals surface area (Å²) in [7, 11) is 1.58. The number of rotatable bonds is 8. The standard InChI is InChI=1S/C16H20N4O3/c1-3-23-14-7-5-4-6-12(14)20-15-10-13(18-11-19-15)16(21)17-8-9-22-2/h4-7,10-11H,3,8-9H2,1-2H3,(H,17,21)(H,18,19,20). The first kappa shape index (κ1) is 16.7. The Morgan fingerprint density at radius 2 is 2.09 bits per heavy atom. The lowest BCUT2D eigenvalue weighted by Gasteiger charge is -2.12. The first-order chi connectivity index (χ1) is 11.2. The highest BCUT2D eigenvalue weighted by Crippen LogP contribution is 2.26. The maximum atomic E-state index is 12.0. The lowest BCUT2D eigenvalue weighted by Crippen LogP contribution is -2.27. The van der Waals surface area contributed by atoms with Crippen LogP contribution in [0.3, 0.4) is 0 Å². The summed E-state index contributed by atoms with van der Waals surface area (Å²) in [6, 6.07) is 9.12. The van der Waals surface area contributed by atoms with Crippen molar-refractivity contribution in [2.75, 3.05) is 32.2 Å². The second-order valence-electron chi connectivity index (χ2n) is 4.59. The largest absolute Gasteiger partial charge is 0.492 e. The fourth-order valence-electron chi connectivity index (χ4n) is 1.90. The number of anilines is 2. The number of hydrogen-bond donors (Lipinski definition) is 2. The van der Waals surface area contributed by atoms with Crippen molar-refractivity contribution < 1.29 is 14.3 Å². The Balaban J connectivity index is 2.09. The molecule has 0 aliphatic carbocycles. The van der Waals surface area contributed by atoms with Crippen molar-refractivity contribution in [1.29, 1.82) is 0 Å². The summed E-state index contributed by atoms with van der Waals surface area (Å²) in [6.07, 6.45) is 1.34. The van der Waals surface area contributed by atoms with Crippen LogP contribution in [0.4, 0.5) is 11.5 Å². The molecule has 7 heteroatoms. The van der Waals surface area contributed by atoms with Gasteiger partial charge in [0.15, 0.2) is 0 Å². The highest BCUT2D eigenvalue weighted by atomic mass is 16.5. The van der Waals surface area contributed by atoms with Crippen LogP contribution in [-0.4, -0.2) is 42.7 Å². The molecule has 2 N–H and O–H groups in total. The number of hydrogen-bond acceptors (Lipinski definition) is 6. The molecule has 7 nitrogen and oxygen atoms in total. The Morgan fingerprint density at radius 1 is 1.26 bits per heavy atom. The monoisotopic (exact) mass is 316 g/mol. The molecular weight excluding hydrogens is 296 g/mol. The molecule has 23 heavy (non-hydrogen) atoms. The van der Waals surface area contributed by atoms with Gasteiger partial charge in [-0.2, -0.15) is 0 Å². The predicted molar refractivity (Wildman–Crippen MR) is 87.1 cm³/mol. The van der Waals surface area contributed by atoms with Gasteiger partial charge < -0.3 is 20.1 Å². The highest BCUT2D eigenvalue weighted by Gasteiger charge is 2.09. The number of methoxy groups -OCH3 is 1. The molecule has 2 aromatic rings. The second-order valence-corrected chi connectivity index (χ2v) is 4.59. The predicted octanol–water partition coefficient (Wildman–Crippen LogP) is 2.00. The molecule has 1 amide bonds. The lowest BCUT2D eigenvalue weighted by molar-refractivity contribution is 0.0932. The molecule has 0 aliphatic rings. The second kappa shape index (κ2) is 8.70. The van der Waals surface area contributed by atoms with E-state index in [0.29, 0.717) is 25.6 Å². The van der Waals surface area contributed by atoms with Crippen LogP contribution >= 0.6 is 0 Å². The van der Waals surface area contributed by atoms with Crippen LogP contribution in [0.15, 0.2) is 36.7 Å². The first-order valence-corrected chi connectivity index (χ1v) is 7.32. The Morgan fingerprint density at radius 3 is 2.87 bits per heavy atom. The summed E-state index contributed by atoms with van der Waals surface area (Å²) in [5, 5.41) is 5.86. The normalized spacial score (nSPS) is 10.2. The van der Waals surface area contributed by atoms with E-state index in [9.17, 15) is 4.79 Å². The van der Waals surface area contributed by atoms with Crippen LogP contribution in [0.5, 0.6) is 5.75 Å². The average Bonchev–Trinajstić information content (AvgIpc) is 2.57. The van der Waals surface area contributed by atoms with Crippen LogP contribution < -0.4 is 15.4 Å². The van der Waals surface area contributed by atoms with Gasteiger partial charge in [0.25, 0.3) is 5.91 Å². The van der Waals surface area contributed by atoms with Crippen molar-refractivity contribution in [2.24, 2.45) is 0 Å². The van der Waals surface area contributed by atoms with Gasteiger partial charge >= 0.3 is 0 Å². The summed E-state index contributed by atoms with van der Waals surface area (Å²) < 4.78 is 10.4. The molecule has 0 bridgehead atoms. The molecule has 0 saturated heterocycles. The number of amides is 1. The fourth-order valence-corrected chi connectivity index (χ4v) is 1.90. The Labute approximate surface area is 135 Å². The number of aromatic nitrogens is 2. The minimum Gasteiger partial charge on any atom is -0.492 e. The number of benzene rings is 1. The van der Waals surface area contributed by atoms with Crippen LogP contribution in [0.2, 0.25) is 0 Å². The van der Waals surface area contributed by atoms with Crippen molar-refractivity contribution >= 4 is 17.4 Å². The van der Waals surface area contributed by atoms with Gasteiger partial charge in [0.2, 0.25) is 0 Å². The van der Waals surface area contributed by atoms with E-state index < -0.39 is 0 Å². The van der Waals surface area contributed by atoms with Gasteiger partial charge in [-0.15, -0.1) is 0 Å². The molecule has 122 valence electrons. The smallest absolute Gasteiger partial charge is 0.270 e. The Kier molecular flexibility index (Phi) is 6.31. The number of nitrogens with one attached hydrogen (secondary N) is 2. The zero-order valence-electron chi connectivity index (χ0n) is 13.2. The Hall–Kier alpha value is -2.67. The van der Waals surface area contributed by atoms with Crippen LogP contribution in [-0.2, 0) is 4.74 Å². The number of nitrogens with zero attached hydrogens (tertiary/aromatic N) is 2. The van der Waals surface area contributed by atoms with E-state index in [1.165, 1.54) is 6.33 Å². The molecule has 0 aliphatic heterocycles. The van der Waals surface area contributed by atoms with Crippen molar-refractivity contribution in [3.8, 4) is 5.75 Å². The van der Waals surface area contributed by atoms with E-state index in [4.69, 9.17) is 9.47 Å². The molecule has 0 spiro atoms. The SMILES string of the molecule is CCOc1ccccc1Nc1cc(C(=O)NCCOC)ncn1. The first-order valence-electron chi connectivity index (χ1n) is 7.32. The van der Waals surface area contributed by atoms with Gasteiger partial charge in [-0.05, 0) is 19.1 Å². The maximum absolute atomic E-state index is 12.0. The minimum atomic E-state index is -0.273. The van der Waals surface area contributed by atoms with E-state index in [1.807, 2.05) is 31.2 Å². The minimum absolute atomic E-state index is 0.273. The summed E-state index contributed by atoms with van der Waals surface area (Å²) in [5.41, 5.74) is 1.06. The van der Waals surface area contributed by atoms with Crippen LogP contribution in [0.25, 0.3) is 0 Å². The molecule has 0 radical (unpaired) electrons. The van der Waals surface area contributed by atoms with Crippen molar-refractivity contribution in [2.45, 2.75) is 6.92 Å². The maximum Gasteiger partial charge on any atom is 0.270 e. The summed E-state index contributed by atoms with van der Waals surface area (Å²) in [5.74, 6) is 0.967. The van der Waals surface area contributed by atoms with Gasteiger partial charge in [-0.25, -0.2) is 9.97 Å². The van der Waals surface area contributed by atoms with Crippen molar-refractivity contribution in [3.05, 3.63) is 42.4 Å². The molecule has 2 rings (SSSR count). The van der Waals surface area contributed by atoms with E-state index in [-0.39, 0.29) is 11.6 Å². The summed E-state index contributed by atoms with van der Waals surface area (Å²) in [6.45, 7) is 3.36.